The molecule has 1 unspecified atom stereocenters. The van der Waals surface area contributed by atoms with Crippen LogP contribution in [-0.2, 0) is 0 Å². The lowest BCUT2D eigenvalue weighted by Gasteiger charge is -2.19. The van der Waals surface area contributed by atoms with Gasteiger partial charge in [-0.25, -0.2) is 0 Å². The van der Waals surface area contributed by atoms with E-state index in [0.717, 1.165) is 0 Å². The van der Waals surface area contributed by atoms with Crippen LogP contribution in [0, 0.1) is 0 Å². The molecule has 1 aromatic carbocycles. The summed E-state index contributed by atoms with van der Waals surface area (Å²) in [4.78, 5) is 13.3. The van der Waals surface area contributed by atoms with Crippen molar-refractivity contribution in [1.82, 2.24) is 4.90 Å². The minimum absolute atomic E-state index is 0.125. The first kappa shape index (κ1) is 12.3. The molecule has 0 heterocycles. The molecule has 1 aromatic rings. The van der Waals surface area contributed by atoms with Crippen LogP contribution in [0.5, 0.6) is 11.5 Å². The van der Waals surface area contributed by atoms with E-state index in [9.17, 15) is 15.0 Å². The Labute approximate surface area is 94.1 Å². The standard InChI is InChI=1S/C11H16N2O3/c1-7(12)6-13(2)11(16)8-3-9(14)5-10(15)4-8/h3-5,7,14-15H,6,12H2,1-2H3. The molecule has 5 nitrogen and oxygen atoms in total. The zero-order valence-corrected chi connectivity index (χ0v) is 9.34. The number of nitrogens with two attached hydrogens (primary N) is 1. The topological polar surface area (TPSA) is 86.8 Å². The number of aromatic hydroxyl groups is 2. The van der Waals surface area contributed by atoms with Crippen LogP contribution in [-0.4, -0.2) is 40.7 Å². The Morgan fingerprint density at radius 3 is 2.31 bits per heavy atom. The lowest BCUT2D eigenvalue weighted by Crippen LogP contribution is -2.36. The fraction of sp³-hybridized carbons (Fsp3) is 0.364. The third-order valence-electron chi connectivity index (χ3n) is 2.06. The molecule has 0 saturated carbocycles. The van der Waals surface area contributed by atoms with Gasteiger partial charge in [-0.1, -0.05) is 0 Å². The Kier molecular flexibility index (Phi) is 3.73. The number of hydrogen-bond donors (Lipinski definition) is 3. The zero-order valence-electron chi connectivity index (χ0n) is 9.34. The first-order chi connectivity index (χ1) is 7.40. The van der Waals surface area contributed by atoms with Gasteiger partial charge in [-0.2, -0.15) is 0 Å². The summed E-state index contributed by atoms with van der Waals surface area (Å²) in [5.74, 6) is -0.571. The van der Waals surface area contributed by atoms with E-state index in [1.165, 1.54) is 23.1 Å². The Balaban J connectivity index is 2.87. The van der Waals surface area contributed by atoms with Crippen LogP contribution in [0.15, 0.2) is 18.2 Å². The largest absolute Gasteiger partial charge is 0.508 e. The van der Waals surface area contributed by atoms with Gasteiger partial charge < -0.3 is 20.8 Å². The number of carbonyl (C=O) groups is 1. The molecule has 16 heavy (non-hydrogen) atoms. The molecular formula is C11H16N2O3. The zero-order chi connectivity index (χ0) is 12.3. The van der Waals surface area contributed by atoms with E-state index in [2.05, 4.69) is 0 Å². The van der Waals surface area contributed by atoms with Crippen molar-refractivity contribution >= 4 is 5.91 Å². The molecule has 0 fully saturated rings. The molecule has 4 N–H and O–H groups in total. The second kappa shape index (κ2) is 4.85. The number of amides is 1. The van der Waals surface area contributed by atoms with E-state index in [4.69, 9.17) is 5.73 Å². The highest BCUT2D eigenvalue weighted by molar-refractivity contribution is 5.94. The van der Waals surface area contributed by atoms with Gasteiger partial charge in [0.1, 0.15) is 11.5 Å². The molecule has 1 amide bonds. The Morgan fingerprint density at radius 1 is 1.38 bits per heavy atom. The van der Waals surface area contributed by atoms with Crippen molar-refractivity contribution in [1.29, 1.82) is 0 Å². The summed E-state index contributed by atoms with van der Waals surface area (Å²) in [5.41, 5.74) is 5.81. The molecule has 1 rings (SSSR count). The summed E-state index contributed by atoms with van der Waals surface area (Å²) in [6.07, 6.45) is 0. The summed E-state index contributed by atoms with van der Waals surface area (Å²) in [7, 11) is 1.62. The second-order valence-corrected chi connectivity index (χ2v) is 3.90. The van der Waals surface area contributed by atoms with Crippen LogP contribution in [0.25, 0.3) is 0 Å². The third-order valence-corrected chi connectivity index (χ3v) is 2.06. The van der Waals surface area contributed by atoms with E-state index in [1.54, 1.807) is 14.0 Å². The molecule has 88 valence electrons. The predicted octanol–water partition coefficient (Wildman–Crippen LogP) is 0.517. The molecule has 0 aliphatic carbocycles. The third kappa shape index (κ3) is 3.13. The van der Waals surface area contributed by atoms with E-state index in [-0.39, 0.29) is 29.0 Å². The van der Waals surface area contributed by atoms with Crippen molar-refractivity contribution in [2.75, 3.05) is 13.6 Å². The quantitative estimate of drug-likeness (QED) is 0.698. The molecular weight excluding hydrogens is 208 g/mol. The van der Waals surface area contributed by atoms with Crippen molar-refractivity contribution in [3.05, 3.63) is 23.8 Å². The first-order valence-corrected chi connectivity index (χ1v) is 4.94. The number of nitrogens with zero attached hydrogens (tertiary/aromatic N) is 1. The molecule has 0 saturated heterocycles. The summed E-state index contributed by atoms with van der Waals surface area (Å²) in [6.45, 7) is 2.21. The Hall–Kier alpha value is -1.75. The number of phenols is 2. The molecule has 0 spiro atoms. The summed E-state index contributed by atoms with van der Waals surface area (Å²) in [5, 5.41) is 18.5. The van der Waals surface area contributed by atoms with Crippen molar-refractivity contribution in [2.45, 2.75) is 13.0 Å². The van der Waals surface area contributed by atoms with Crippen molar-refractivity contribution < 1.29 is 15.0 Å². The maximum Gasteiger partial charge on any atom is 0.253 e. The smallest absolute Gasteiger partial charge is 0.253 e. The Bertz CT molecular complexity index is 371. The lowest BCUT2D eigenvalue weighted by atomic mass is 10.1. The molecule has 0 aliphatic rings. The second-order valence-electron chi connectivity index (χ2n) is 3.90. The van der Waals surface area contributed by atoms with Gasteiger partial charge in [0.05, 0.1) is 0 Å². The Morgan fingerprint density at radius 2 is 1.88 bits per heavy atom. The monoisotopic (exact) mass is 224 g/mol. The van der Waals surface area contributed by atoms with E-state index in [1.807, 2.05) is 0 Å². The van der Waals surface area contributed by atoms with Crippen molar-refractivity contribution in [3.8, 4) is 11.5 Å². The summed E-state index contributed by atoms with van der Waals surface area (Å²) >= 11 is 0. The lowest BCUT2D eigenvalue weighted by molar-refractivity contribution is 0.0788. The summed E-state index contributed by atoms with van der Waals surface area (Å²) < 4.78 is 0. The number of benzene rings is 1. The molecule has 0 aliphatic heterocycles. The molecule has 0 aromatic heterocycles. The van der Waals surface area contributed by atoms with Crippen LogP contribution >= 0.6 is 0 Å². The van der Waals surface area contributed by atoms with Crippen LogP contribution < -0.4 is 5.73 Å². The fourth-order valence-corrected chi connectivity index (χ4v) is 1.45. The van der Waals surface area contributed by atoms with Crippen LogP contribution in [0.3, 0.4) is 0 Å². The number of hydrogen-bond acceptors (Lipinski definition) is 4. The highest BCUT2D eigenvalue weighted by atomic mass is 16.3. The molecule has 1 atom stereocenters. The van der Waals surface area contributed by atoms with Gasteiger partial charge in [0.15, 0.2) is 0 Å². The van der Waals surface area contributed by atoms with Crippen LogP contribution in [0.1, 0.15) is 17.3 Å². The number of phenolic OH excluding ortho intramolecular Hbond substituents is 2. The van der Waals surface area contributed by atoms with Gasteiger partial charge in [0.2, 0.25) is 0 Å². The van der Waals surface area contributed by atoms with Gasteiger partial charge in [0, 0.05) is 31.3 Å². The van der Waals surface area contributed by atoms with Crippen LogP contribution in [0.4, 0.5) is 0 Å². The number of rotatable bonds is 3. The van der Waals surface area contributed by atoms with Gasteiger partial charge in [-0.15, -0.1) is 0 Å². The SMILES string of the molecule is CC(N)CN(C)C(=O)c1cc(O)cc(O)c1. The van der Waals surface area contributed by atoms with Gasteiger partial charge >= 0.3 is 0 Å². The minimum atomic E-state index is -0.288. The van der Waals surface area contributed by atoms with E-state index in [0.29, 0.717) is 6.54 Å². The molecule has 0 bridgehead atoms. The maximum atomic E-state index is 11.8. The van der Waals surface area contributed by atoms with Crippen molar-refractivity contribution in [3.63, 3.8) is 0 Å². The van der Waals surface area contributed by atoms with Crippen molar-refractivity contribution in [2.24, 2.45) is 5.73 Å². The molecule has 0 radical (unpaired) electrons. The van der Waals surface area contributed by atoms with Gasteiger partial charge in [0.25, 0.3) is 5.91 Å². The highest BCUT2D eigenvalue weighted by Crippen LogP contribution is 2.21. The first-order valence-electron chi connectivity index (χ1n) is 4.94. The van der Waals surface area contributed by atoms with Crippen LogP contribution in [0.2, 0.25) is 0 Å². The fourth-order valence-electron chi connectivity index (χ4n) is 1.45. The normalized spacial score (nSPS) is 12.2. The van der Waals surface area contributed by atoms with Gasteiger partial charge in [-0.3, -0.25) is 4.79 Å². The summed E-state index contributed by atoms with van der Waals surface area (Å²) in [6, 6.07) is 3.65. The maximum absolute atomic E-state index is 11.8. The van der Waals surface area contributed by atoms with Gasteiger partial charge in [-0.05, 0) is 19.1 Å². The predicted molar refractivity (Wildman–Crippen MR) is 60.4 cm³/mol. The molecule has 5 heteroatoms. The minimum Gasteiger partial charge on any atom is -0.508 e. The number of carbonyl (C=O) groups excluding carboxylic acids is 1. The average molecular weight is 224 g/mol. The van der Waals surface area contributed by atoms with E-state index >= 15 is 0 Å². The average Bonchev–Trinajstić information content (AvgIpc) is 2.13. The number of likely N-dealkylation sites (N-methyl/N-ethyl adjacent to an activating group) is 1. The highest BCUT2D eigenvalue weighted by Gasteiger charge is 2.14. The van der Waals surface area contributed by atoms with E-state index < -0.39 is 0 Å².